The maximum absolute atomic E-state index is 11.5. The Morgan fingerprint density at radius 3 is 2.35 bits per heavy atom. The van der Waals surface area contributed by atoms with E-state index < -0.39 is 23.6 Å². The van der Waals surface area contributed by atoms with Crippen molar-refractivity contribution in [1.29, 1.82) is 0 Å². The number of ether oxygens (including phenoxy) is 3. The van der Waals surface area contributed by atoms with Crippen LogP contribution in [-0.2, 0) is 23.8 Å². The molecular formula is C9H14N2O6. The van der Waals surface area contributed by atoms with E-state index in [-0.39, 0.29) is 11.5 Å². The predicted octanol–water partition coefficient (Wildman–Crippen LogP) is -2.19. The van der Waals surface area contributed by atoms with Crippen molar-refractivity contribution in [2.45, 2.75) is 11.8 Å². The van der Waals surface area contributed by atoms with Gasteiger partial charge in [0.05, 0.1) is 14.2 Å². The highest BCUT2D eigenvalue weighted by Gasteiger charge is 2.54. The summed E-state index contributed by atoms with van der Waals surface area (Å²) < 4.78 is 14.4. The van der Waals surface area contributed by atoms with Crippen LogP contribution in [0.5, 0.6) is 0 Å². The van der Waals surface area contributed by atoms with Crippen LogP contribution in [0.25, 0.3) is 0 Å². The smallest absolute Gasteiger partial charge is 0.292 e. The van der Waals surface area contributed by atoms with Gasteiger partial charge in [-0.3, -0.25) is 9.59 Å². The minimum Gasteiger partial charge on any atom is -0.492 e. The second-order valence-corrected chi connectivity index (χ2v) is 3.31. The van der Waals surface area contributed by atoms with Crippen molar-refractivity contribution in [3.8, 4) is 0 Å². The first kappa shape index (κ1) is 13.3. The second-order valence-electron chi connectivity index (χ2n) is 3.31. The Morgan fingerprint density at radius 2 is 2.00 bits per heavy atom. The quantitative estimate of drug-likeness (QED) is 0.506. The Bertz CT molecular complexity index is 380. The van der Waals surface area contributed by atoms with Crippen LogP contribution in [-0.4, -0.2) is 50.1 Å². The standard InChI is InChI=1S/C9H14N2O6/c1-15-4-5(16-2)9(14,11-8(4)13)6(17-3)7(10)12/h6,14H,1-3H3,(H2,10,12)(H,11,13)/t6-,9-/m0/s1. The van der Waals surface area contributed by atoms with E-state index in [4.69, 9.17) is 19.9 Å². The average Bonchev–Trinajstić information content (AvgIpc) is 2.49. The van der Waals surface area contributed by atoms with Gasteiger partial charge in [0.1, 0.15) is 0 Å². The molecular weight excluding hydrogens is 232 g/mol. The van der Waals surface area contributed by atoms with Crippen molar-refractivity contribution in [1.82, 2.24) is 5.32 Å². The minimum atomic E-state index is -2.17. The molecule has 2 atom stereocenters. The van der Waals surface area contributed by atoms with E-state index >= 15 is 0 Å². The van der Waals surface area contributed by atoms with Gasteiger partial charge in [0.2, 0.25) is 11.5 Å². The minimum absolute atomic E-state index is 0.238. The van der Waals surface area contributed by atoms with E-state index in [0.717, 1.165) is 7.11 Å². The van der Waals surface area contributed by atoms with Gasteiger partial charge >= 0.3 is 0 Å². The van der Waals surface area contributed by atoms with Crippen molar-refractivity contribution in [2.24, 2.45) is 5.73 Å². The zero-order valence-electron chi connectivity index (χ0n) is 9.64. The molecule has 0 bridgehead atoms. The first-order chi connectivity index (χ1) is 7.92. The van der Waals surface area contributed by atoms with Gasteiger partial charge in [0.15, 0.2) is 11.9 Å². The Balaban J connectivity index is 3.25. The summed E-state index contributed by atoms with van der Waals surface area (Å²) in [4.78, 5) is 22.6. The molecule has 17 heavy (non-hydrogen) atoms. The van der Waals surface area contributed by atoms with Crippen LogP contribution >= 0.6 is 0 Å². The molecule has 8 heteroatoms. The summed E-state index contributed by atoms with van der Waals surface area (Å²) in [6.45, 7) is 0. The highest BCUT2D eigenvalue weighted by molar-refractivity contribution is 5.97. The molecule has 0 aliphatic carbocycles. The van der Waals surface area contributed by atoms with Gasteiger partial charge in [-0.1, -0.05) is 0 Å². The number of hydrogen-bond acceptors (Lipinski definition) is 6. The lowest BCUT2D eigenvalue weighted by molar-refractivity contribution is -0.152. The number of amides is 2. The Labute approximate surface area is 97.3 Å². The highest BCUT2D eigenvalue weighted by Crippen LogP contribution is 2.30. The van der Waals surface area contributed by atoms with Crippen LogP contribution in [0.4, 0.5) is 0 Å². The van der Waals surface area contributed by atoms with Crippen LogP contribution < -0.4 is 11.1 Å². The number of methoxy groups -OCH3 is 3. The predicted molar refractivity (Wildman–Crippen MR) is 54.1 cm³/mol. The molecule has 0 saturated heterocycles. The summed E-state index contributed by atoms with van der Waals surface area (Å²) in [6, 6.07) is 0. The fraction of sp³-hybridized carbons (Fsp3) is 0.556. The van der Waals surface area contributed by atoms with Crippen molar-refractivity contribution < 1.29 is 28.9 Å². The lowest BCUT2D eigenvalue weighted by Crippen LogP contribution is -2.59. The molecule has 4 N–H and O–H groups in total. The molecule has 2 amide bonds. The third-order valence-corrected chi connectivity index (χ3v) is 2.34. The first-order valence-electron chi connectivity index (χ1n) is 4.62. The third-order valence-electron chi connectivity index (χ3n) is 2.34. The molecule has 0 radical (unpaired) electrons. The number of rotatable bonds is 5. The van der Waals surface area contributed by atoms with E-state index in [9.17, 15) is 14.7 Å². The van der Waals surface area contributed by atoms with E-state index in [0.29, 0.717) is 0 Å². The maximum Gasteiger partial charge on any atom is 0.292 e. The summed E-state index contributed by atoms with van der Waals surface area (Å²) in [5.74, 6) is -2.17. The maximum atomic E-state index is 11.5. The fourth-order valence-corrected chi connectivity index (χ4v) is 1.67. The molecule has 0 aromatic rings. The lowest BCUT2D eigenvalue weighted by atomic mass is 10.1. The zero-order valence-corrected chi connectivity index (χ0v) is 9.64. The molecule has 8 nitrogen and oxygen atoms in total. The monoisotopic (exact) mass is 246 g/mol. The van der Waals surface area contributed by atoms with Gasteiger partial charge in [-0.2, -0.15) is 0 Å². The summed E-state index contributed by atoms with van der Waals surface area (Å²) in [5, 5.41) is 12.4. The van der Waals surface area contributed by atoms with Crippen LogP contribution in [0.3, 0.4) is 0 Å². The Hall–Kier alpha value is -1.80. The van der Waals surface area contributed by atoms with Crippen LogP contribution in [0, 0.1) is 0 Å². The lowest BCUT2D eigenvalue weighted by Gasteiger charge is -2.29. The van der Waals surface area contributed by atoms with Gasteiger partial charge in [-0.15, -0.1) is 0 Å². The van der Waals surface area contributed by atoms with Crippen LogP contribution in [0.2, 0.25) is 0 Å². The molecule has 1 heterocycles. The fourth-order valence-electron chi connectivity index (χ4n) is 1.67. The molecule has 0 fully saturated rings. The van der Waals surface area contributed by atoms with Crippen molar-refractivity contribution >= 4 is 11.8 Å². The van der Waals surface area contributed by atoms with E-state index in [2.05, 4.69) is 5.32 Å². The molecule has 0 aromatic heterocycles. The van der Waals surface area contributed by atoms with Crippen molar-refractivity contribution in [3.63, 3.8) is 0 Å². The van der Waals surface area contributed by atoms with Gasteiger partial charge in [0.25, 0.3) is 11.8 Å². The van der Waals surface area contributed by atoms with E-state index in [1.54, 1.807) is 0 Å². The number of carbonyl (C=O) groups is 2. The Kier molecular flexibility index (Phi) is 3.59. The van der Waals surface area contributed by atoms with E-state index in [1.807, 2.05) is 0 Å². The second kappa shape index (κ2) is 4.60. The number of carbonyl (C=O) groups excluding carboxylic acids is 2. The van der Waals surface area contributed by atoms with Gasteiger partial charge in [0, 0.05) is 7.11 Å². The third kappa shape index (κ3) is 1.92. The summed E-state index contributed by atoms with van der Waals surface area (Å²) in [7, 11) is 3.61. The van der Waals surface area contributed by atoms with Gasteiger partial charge in [-0.25, -0.2) is 0 Å². The summed E-state index contributed by atoms with van der Waals surface area (Å²) in [5.41, 5.74) is 2.90. The van der Waals surface area contributed by atoms with Crippen LogP contribution in [0.15, 0.2) is 11.5 Å². The van der Waals surface area contributed by atoms with Gasteiger partial charge in [-0.05, 0) is 0 Å². The molecule has 1 aliphatic rings. The summed E-state index contributed by atoms with van der Waals surface area (Å²) >= 11 is 0. The summed E-state index contributed by atoms with van der Waals surface area (Å²) in [6.07, 6.45) is -1.49. The Morgan fingerprint density at radius 1 is 1.41 bits per heavy atom. The van der Waals surface area contributed by atoms with Gasteiger partial charge < -0.3 is 30.4 Å². The highest BCUT2D eigenvalue weighted by atomic mass is 16.5. The topological polar surface area (TPSA) is 120 Å². The SMILES string of the molecule is COC1=C(OC)[C@](O)([C@@H](OC)C(N)=O)NC1=O. The molecule has 1 aliphatic heterocycles. The number of aliphatic hydroxyl groups is 1. The zero-order chi connectivity index (χ0) is 13.2. The number of nitrogens with two attached hydrogens (primary N) is 1. The largest absolute Gasteiger partial charge is 0.492 e. The first-order valence-corrected chi connectivity index (χ1v) is 4.62. The molecule has 96 valence electrons. The number of primary amides is 1. The van der Waals surface area contributed by atoms with E-state index in [1.165, 1.54) is 14.2 Å². The molecule has 0 spiro atoms. The normalized spacial score (nSPS) is 25.5. The average molecular weight is 246 g/mol. The molecule has 0 aromatic carbocycles. The molecule has 0 unspecified atom stereocenters. The molecule has 0 saturated carbocycles. The van der Waals surface area contributed by atoms with Crippen LogP contribution in [0.1, 0.15) is 0 Å². The number of hydrogen-bond donors (Lipinski definition) is 3. The van der Waals surface area contributed by atoms with Crippen molar-refractivity contribution in [2.75, 3.05) is 21.3 Å². The van der Waals surface area contributed by atoms with Crippen molar-refractivity contribution in [3.05, 3.63) is 11.5 Å². The molecule has 1 rings (SSSR count). The number of nitrogens with one attached hydrogen (secondary N) is 1.